The van der Waals surface area contributed by atoms with E-state index in [1.54, 1.807) is 16.9 Å². The number of hydrogen-bond donors (Lipinski definition) is 1. The van der Waals surface area contributed by atoms with Crippen molar-refractivity contribution in [1.82, 2.24) is 9.78 Å². The van der Waals surface area contributed by atoms with Crippen molar-refractivity contribution in [3.63, 3.8) is 0 Å². The van der Waals surface area contributed by atoms with E-state index in [9.17, 15) is 4.79 Å². The Morgan fingerprint density at radius 2 is 1.84 bits per heavy atom. The topological polar surface area (TPSA) is 71.1 Å². The third-order valence-corrected chi connectivity index (χ3v) is 3.82. The Morgan fingerprint density at radius 1 is 1.12 bits per heavy atom. The molecule has 0 bridgehead atoms. The number of nitrogens with one attached hydrogen (secondary N) is 1. The van der Waals surface area contributed by atoms with Crippen LogP contribution in [0.5, 0.6) is 0 Å². The molecule has 25 heavy (non-hydrogen) atoms. The van der Waals surface area contributed by atoms with E-state index >= 15 is 0 Å². The molecule has 0 aliphatic rings. The maximum absolute atomic E-state index is 12.3. The van der Waals surface area contributed by atoms with E-state index in [0.717, 1.165) is 0 Å². The van der Waals surface area contributed by atoms with Crippen molar-refractivity contribution in [2.24, 2.45) is 4.99 Å². The van der Waals surface area contributed by atoms with Crippen molar-refractivity contribution < 1.29 is 0 Å². The molecule has 0 spiro atoms. The van der Waals surface area contributed by atoms with Gasteiger partial charge < -0.3 is 5.41 Å². The number of halogens is 1. The summed E-state index contributed by atoms with van der Waals surface area (Å²) in [6.45, 7) is 0. The molecule has 0 atom stereocenters. The first-order valence-electron chi connectivity index (χ1n) is 7.66. The van der Waals surface area contributed by atoms with E-state index in [-0.39, 0.29) is 17.5 Å². The van der Waals surface area contributed by atoms with Crippen LogP contribution in [0.25, 0.3) is 5.69 Å². The molecular weight excluding hydrogens is 336 g/mol. The van der Waals surface area contributed by atoms with Crippen LogP contribution in [0.1, 0.15) is 12.1 Å². The number of rotatable bonds is 5. The summed E-state index contributed by atoms with van der Waals surface area (Å²) in [7, 11) is 0. The van der Waals surface area contributed by atoms with Gasteiger partial charge in [0.2, 0.25) is 5.43 Å². The second-order valence-corrected chi connectivity index (χ2v) is 5.63. The van der Waals surface area contributed by atoms with Crippen LogP contribution in [-0.4, -0.2) is 21.7 Å². The van der Waals surface area contributed by atoms with Gasteiger partial charge in [-0.2, -0.15) is 5.10 Å². The molecule has 124 valence electrons. The summed E-state index contributed by atoms with van der Waals surface area (Å²) in [5.74, 6) is 0. The van der Waals surface area contributed by atoms with Gasteiger partial charge in [-0.05, 0) is 24.3 Å². The van der Waals surface area contributed by atoms with Gasteiger partial charge >= 0.3 is 0 Å². The number of aliphatic imine (C=N–C) groups is 1. The third kappa shape index (κ3) is 3.89. The molecule has 2 aromatic carbocycles. The zero-order valence-corrected chi connectivity index (χ0v) is 14.0. The average molecular weight is 351 g/mol. The van der Waals surface area contributed by atoms with E-state index in [2.05, 4.69) is 10.1 Å². The highest BCUT2D eigenvalue weighted by atomic mass is 35.5. The second-order valence-electron chi connectivity index (χ2n) is 5.23. The van der Waals surface area contributed by atoms with Crippen LogP contribution in [-0.2, 0) is 0 Å². The van der Waals surface area contributed by atoms with Crippen LogP contribution in [0, 0.1) is 5.41 Å². The maximum Gasteiger partial charge on any atom is 0.209 e. The molecule has 1 N–H and O–H groups in total. The monoisotopic (exact) mass is 350 g/mol. The Hall–Kier alpha value is -3.05. The molecule has 0 unspecified atom stereocenters. The van der Waals surface area contributed by atoms with Crippen LogP contribution in [0.4, 0.5) is 5.69 Å². The Labute approximate surface area is 149 Å². The summed E-state index contributed by atoms with van der Waals surface area (Å²) in [5.41, 5.74) is 1.76. The van der Waals surface area contributed by atoms with E-state index < -0.39 is 0 Å². The van der Waals surface area contributed by atoms with Gasteiger partial charge in [0.25, 0.3) is 0 Å². The van der Waals surface area contributed by atoms with Crippen molar-refractivity contribution in [2.45, 2.75) is 6.42 Å². The number of aromatic nitrogens is 2. The van der Waals surface area contributed by atoms with E-state index in [4.69, 9.17) is 17.0 Å². The van der Waals surface area contributed by atoms with Crippen molar-refractivity contribution in [1.29, 1.82) is 5.41 Å². The first kappa shape index (κ1) is 16.8. The molecule has 0 amide bonds. The Bertz CT molecular complexity index is 980. The predicted molar refractivity (Wildman–Crippen MR) is 101 cm³/mol. The summed E-state index contributed by atoms with van der Waals surface area (Å²) < 4.78 is 1.55. The second kappa shape index (κ2) is 7.68. The highest BCUT2D eigenvalue weighted by molar-refractivity contribution is 6.32. The van der Waals surface area contributed by atoms with E-state index in [0.29, 0.717) is 22.1 Å². The lowest BCUT2D eigenvalue weighted by atomic mass is 10.2. The highest BCUT2D eigenvalue weighted by Crippen LogP contribution is 2.18. The van der Waals surface area contributed by atoms with E-state index in [1.807, 2.05) is 48.5 Å². The van der Waals surface area contributed by atoms with Crippen molar-refractivity contribution in [3.8, 4) is 5.69 Å². The highest BCUT2D eigenvalue weighted by Gasteiger charge is 2.12. The Morgan fingerprint density at radius 3 is 2.56 bits per heavy atom. The zero-order valence-electron chi connectivity index (χ0n) is 13.3. The van der Waals surface area contributed by atoms with Crippen molar-refractivity contribution in [2.75, 3.05) is 0 Å². The summed E-state index contributed by atoms with van der Waals surface area (Å²) in [6.07, 6.45) is 2.98. The van der Waals surface area contributed by atoms with Gasteiger partial charge in [-0.15, -0.1) is 0 Å². The fourth-order valence-electron chi connectivity index (χ4n) is 2.33. The summed E-state index contributed by atoms with van der Waals surface area (Å²) in [4.78, 5) is 16.8. The molecule has 1 aromatic heterocycles. The summed E-state index contributed by atoms with van der Waals surface area (Å²) >= 11 is 6.22. The molecule has 0 saturated heterocycles. The molecule has 0 radical (unpaired) electrons. The lowest BCUT2D eigenvalue weighted by Gasteiger charge is -2.10. The molecule has 0 aliphatic heterocycles. The lowest BCUT2D eigenvalue weighted by molar-refractivity contribution is 0.828. The predicted octanol–water partition coefficient (Wildman–Crippen LogP) is 4.05. The van der Waals surface area contributed by atoms with Crippen LogP contribution in [0.2, 0.25) is 5.02 Å². The standard InChI is InChI=1S/C19H15ClN4O/c20-15-8-4-5-9-17(15)24-13-11-18(25)19(23-24)16(10-12-21)22-14-6-2-1-3-7-14/h1-9,11-13,21H,10H2. The van der Waals surface area contributed by atoms with Gasteiger partial charge in [0, 0.05) is 24.9 Å². The number of hydrogen-bond acceptors (Lipinski definition) is 4. The molecule has 0 fully saturated rings. The van der Waals surface area contributed by atoms with Crippen molar-refractivity contribution in [3.05, 3.63) is 87.8 Å². The number of para-hydroxylation sites is 2. The van der Waals surface area contributed by atoms with Crippen LogP contribution >= 0.6 is 11.6 Å². The fraction of sp³-hybridized carbons (Fsp3) is 0.0526. The molecule has 6 heteroatoms. The largest absolute Gasteiger partial charge is 0.313 e. The van der Waals surface area contributed by atoms with E-state index in [1.165, 1.54) is 12.3 Å². The molecular formula is C19H15ClN4O. The van der Waals surface area contributed by atoms with Crippen LogP contribution < -0.4 is 5.43 Å². The molecule has 0 saturated carbocycles. The normalized spacial score (nSPS) is 11.3. The average Bonchev–Trinajstić information content (AvgIpc) is 2.63. The molecule has 5 nitrogen and oxygen atoms in total. The van der Waals surface area contributed by atoms with Gasteiger partial charge in [-0.25, -0.2) is 4.68 Å². The Kier molecular flexibility index (Phi) is 5.16. The Balaban J connectivity index is 2.12. The van der Waals surface area contributed by atoms with Gasteiger partial charge in [0.1, 0.15) is 0 Å². The van der Waals surface area contributed by atoms with Gasteiger partial charge in [-0.3, -0.25) is 9.79 Å². The minimum Gasteiger partial charge on any atom is -0.313 e. The maximum atomic E-state index is 12.3. The molecule has 0 aliphatic carbocycles. The third-order valence-electron chi connectivity index (χ3n) is 3.50. The SMILES string of the molecule is N=CCC(=Nc1ccccc1)c1nn(-c2ccccc2Cl)ccc1=O. The zero-order chi connectivity index (χ0) is 17.6. The summed E-state index contributed by atoms with van der Waals surface area (Å²) in [6, 6.07) is 17.9. The van der Waals surface area contributed by atoms with Gasteiger partial charge in [0.05, 0.1) is 22.1 Å². The van der Waals surface area contributed by atoms with Gasteiger partial charge in [-0.1, -0.05) is 41.9 Å². The molecule has 3 aromatic rings. The van der Waals surface area contributed by atoms with Gasteiger partial charge in [0.15, 0.2) is 5.69 Å². The van der Waals surface area contributed by atoms with Crippen LogP contribution in [0.3, 0.4) is 0 Å². The first-order chi connectivity index (χ1) is 12.2. The minimum absolute atomic E-state index is 0.203. The van der Waals surface area contributed by atoms with Crippen LogP contribution in [0.15, 0.2) is 76.6 Å². The molecule has 3 rings (SSSR count). The number of nitrogens with zero attached hydrogens (tertiary/aromatic N) is 3. The molecule has 1 heterocycles. The smallest absolute Gasteiger partial charge is 0.209 e. The lowest BCUT2D eigenvalue weighted by Crippen LogP contribution is -2.21. The quantitative estimate of drug-likeness (QED) is 0.705. The fourth-order valence-corrected chi connectivity index (χ4v) is 2.55. The number of benzene rings is 2. The van der Waals surface area contributed by atoms with Crippen molar-refractivity contribution >= 4 is 29.2 Å². The minimum atomic E-state index is -0.250. The summed E-state index contributed by atoms with van der Waals surface area (Å²) in [5, 5.41) is 12.3. The first-order valence-corrected chi connectivity index (χ1v) is 8.03.